The number of amides is 1. The van der Waals surface area contributed by atoms with Gasteiger partial charge in [0.2, 0.25) is 0 Å². The molecule has 5 heteroatoms. The highest BCUT2D eigenvalue weighted by molar-refractivity contribution is 5.93. The van der Waals surface area contributed by atoms with E-state index in [0.717, 1.165) is 11.1 Å². The van der Waals surface area contributed by atoms with Crippen molar-refractivity contribution < 1.29 is 19.1 Å². The molecule has 0 bridgehead atoms. The SMILES string of the molecule is C=C(C)Cc1cccc(C(=O)OC)c1OCC(=O)NCC. The molecule has 21 heavy (non-hydrogen) atoms. The quantitative estimate of drug-likeness (QED) is 0.617. The van der Waals surface area contributed by atoms with Crippen LogP contribution in [0.25, 0.3) is 0 Å². The smallest absolute Gasteiger partial charge is 0.341 e. The number of methoxy groups -OCH3 is 1. The summed E-state index contributed by atoms with van der Waals surface area (Å²) in [6.07, 6.45) is 0.565. The summed E-state index contributed by atoms with van der Waals surface area (Å²) in [6, 6.07) is 5.21. The van der Waals surface area contributed by atoms with Crippen LogP contribution in [0.1, 0.15) is 29.8 Å². The molecule has 0 unspecified atom stereocenters. The number of rotatable bonds is 7. The zero-order chi connectivity index (χ0) is 15.8. The first-order chi connectivity index (χ1) is 9.99. The highest BCUT2D eigenvalue weighted by Gasteiger charge is 2.17. The first-order valence-electron chi connectivity index (χ1n) is 6.73. The molecular weight excluding hydrogens is 270 g/mol. The number of carbonyl (C=O) groups is 2. The normalized spacial score (nSPS) is 9.86. The number of hydrogen-bond acceptors (Lipinski definition) is 4. The number of nitrogens with one attached hydrogen (secondary N) is 1. The predicted molar refractivity (Wildman–Crippen MR) is 80.5 cm³/mol. The second kappa shape index (κ2) is 8.09. The summed E-state index contributed by atoms with van der Waals surface area (Å²) in [6.45, 7) is 7.95. The van der Waals surface area contributed by atoms with Gasteiger partial charge in [0, 0.05) is 6.54 Å². The Labute approximate surface area is 124 Å². The summed E-state index contributed by atoms with van der Waals surface area (Å²) >= 11 is 0. The van der Waals surface area contributed by atoms with Crippen molar-refractivity contribution in [2.24, 2.45) is 0 Å². The summed E-state index contributed by atoms with van der Waals surface area (Å²) < 4.78 is 10.3. The second-order valence-electron chi connectivity index (χ2n) is 4.66. The van der Waals surface area contributed by atoms with E-state index >= 15 is 0 Å². The van der Waals surface area contributed by atoms with E-state index in [1.54, 1.807) is 12.1 Å². The van der Waals surface area contributed by atoms with Gasteiger partial charge in [-0.25, -0.2) is 4.79 Å². The van der Waals surface area contributed by atoms with E-state index < -0.39 is 5.97 Å². The van der Waals surface area contributed by atoms with E-state index in [1.807, 2.05) is 19.9 Å². The van der Waals surface area contributed by atoms with Crippen LogP contribution in [-0.2, 0) is 16.0 Å². The van der Waals surface area contributed by atoms with Crippen LogP contribution in [0.5, 0.6) is 5.75 Å². The minimum atomic E-state index is -0.496. The molecular formula is C16H21NO4. The third-order valence-corrected chi connectivity index (χ3v) is 2.72. The first kappa shape index (κ1) is 16.8. The summed E-state index contributed by atoms with van der Waals surface area (Å²) in [4.78, 5) is 23.3. The van der Waals surface area contributed by atoms with Crippen molar-refractivity contribution in [1.82, 2.24) is 5.32 Å². The number of hydrogen-bond donors (Lipinski definition) is 1. The maximum Gasteiger partial charge on any atom is 0.341 e. The molecule has 0 atom stereocenters. The number of ether oxygens (including phenoxy) is 2. The van der Waals surface area contributed by atoms with Gasteiger partial charge in [-0.05, 0) is 31.9 Å². The molecule has 0 aliphatic rings. The zero-order valence-electron chi connectivity index (χ0n) is 12.7. The molecule has 1 rings (SSSR count). The fraction of sp³-hybridized carbons (Fsp3) is 0.375. The van der Waals surface area contributed by atoms with Gasteiger partial charge in [0.25, 0.3) is 5.91 Å². The van der Waals surface area contributed by atoms with Crippen LogP contribution in [0.4, 0.5) is 0 Å². The van der Waals surface area contributed by atoms with E-state index in [0.29, 0.717) is 24.3 Å². The largest absolute Gasteiger partial charge is 0.483 e. The van der Waals surface area contributed by atoms with Crippen LogP contribution in [-0.4, -0.2) is 32.1 Å². The Morgan fingerprint density at radius 3 is 2.62 bits per heavy atom. The molecule has 0 spiro atoms. The molecule has 0 fully saturated rings. The number of esters is 1. The Kier molecular flexibility index (Phi) is 6.46. The predicted octanol–water partition coefficient (Wildman–Crippen LogP) is 2.11. The lowest BCUT2D eigenvalue weighted by Gasteiger charge is -2.14. The monoisotopic (exact) mass is 291 g/mol. The van der Waals surface area contributed by atoms with Crippen LogP contribution in [0, 0.1) is 0 Å². The fourth-order valence-electron chi connectivity index (χ4n) is 1.88. The maximum atomic E-state index is 11.8. The molecule has 1 N–H and O–H groups in total. The van der Waals surface area contributed by atoms with Crippen molar-refractivity contribution >= 4 is 11.9 Å². The van der Waals surface area contributed by atoms with Crippen molar-refractivity contribution in [3.8, 4) is 5.75 Å². The zero-order valence-corrected chi connectivity index (χ0v) is 12.7. The molecule has 5 nitrogen and oxygen atoms in total. The molecule has 1 amide bonds. The van der Waals surface area contributed by atoms with E-state index in [2.05, 4.69) is 11.9 Å². The number of likely N-dealkylation sites (N-methyl/N-ethyl adjacent to an activating group) is 1. The van der Waals surface area contributed by atoms with Gasteiger partial charge in [0.05, 0.1) is 7.11 Å². The summed E-state index contributed by atoms with van der Waals surface area (Å²) in [7, 11) is 1.31. The lowest BCUT2D eigenvalue weighted by Crippen LogP contribution is -2.29. The molecule has 0 heterocycles. The Bertz CT molecular complexity index is 537. The Hall–Kier alpha value is -2.30. The van der Waals surface area contributed by atoms with Crippen molar-refractivity contribution in [2.45, 2.75) is 20.3 Å². The average molecular weight is 291 g/mol. The van der Waals surface area contributed by atoms with Crippen molar-refractivity contribution in [2.75, 3.05) is 20.3 Å². The third-order valence-electron chi connectivity index (χ3n) is 2.72. The number of allylic oxidation sites excluding steroid dienone is 1. The number of carbonyl (C=O) groups excluding carboxylic acids is 2. The summed E-state index contributed by atoms with van der Waals surface area (Å²) in [5.74, 6) is -0.360. The van der Waals surface area contributed by atoms with Crippen LogP contribution < -0.4 is 10.1 Å². The van der Waals surface area contributed by atoms with E-state index in [4.69, 9.17) is 9.47 Å². The highest BCUT2D eigenvalue weighted by atomic mass is 16.5. The molecule has 0 saturated carbocycles. The lowest BCUT2D eigenvalue weighted by molar-refractivity contribution is -0.123. The van der Waals surface area contributed by atoms with Gasteiger partial charge in [-0.15, -0.1) is 0 Å². The third kappa shape index (κ3) is 4.95. The van der Waals surface area contributed by atoms with Crippen LogP contribution in [0.3, 0.4) is 0 Å². The van der Waals surface area contributed by atoms with Crippen LogP contribution in [0.15, 0.2) is 30.4 Å². The summed E-state index contributed by atoms with van der Waals surface area (Å²) in [5.41, 5.74) is 2.04. The average Bonchev–Trinajstić information content (AvgIpc) is 2.44. The van der Waals surface area contributed by atoms with Gasteiger partial charge in [0.15, 0.2) is 6.61 Å². The van der Waals surface area contributed by atoms with E-state index in [9.17, 15) is 9.59 Å². The van der Waals surface area contributed by atoms with Crippen molar-refractivity contribution in [1.29, 1.82) is 0 Å². The minimum Gasteiger partial charge on any atom is -0.483 e. The fourth-order valence-corrected chi connectivity index (χ4v) is 1.88. The molecule has 0 aromatic heterocycles. The highest BCUT2D eigenvalue weighted by Crippen LogP contribution is 2.27. The van der Waals surface area contributed by atoms with E-state index in [1.165, 1.54) is 7.11 Å². The van der Waals surface area contributed by atoms with Gasteiger partial charge in [0.1, 0.15) is 11.3 Å². The Morgan fingerprint density at radius 1 is 1.33 bits per heavy atom. The van der Waals surface area contributed by atoms with Gasteiger partial charge < -0.3 is 14.8 Å². The number of para-hydroxylation sites is 1. The van der Waals surface area contributed by atoms with Crippen molar-refractivity contribution in [3.63, 3.8) is 0 Å². The molecule has 1 aromatic rings. The van der Waals surface area contributed by atoms with Gasteiger partial charge >= 0.3 is 5.97 Å². The second-order valence-corrected chi connectivity index (χ2v) is 4.66. The minimum absolute atomic E-state index is 0.148. The van der Waals surface area contributed by atoms with Gasteiger partial charge in [-0.3, -0.25) is 4.79 Å². The standard InChI is InChI=1S/C16H21NO4/c1-5-17-14(18)10-21-15-12(9-11(2)3)7-6-8-13(15)16(19)20-4/h6-8H,2,5,9-10H2,1,3-4H3,(H,17,18). The molecule has 0 aliphatic carbocycles. The summed E-state index contributed by atoms with van der Waals surface area (Å²) in [5, 5.41) is 2.64. The lowest BCUT2D eigenvalue weighted by atomic mass is 10.0. The van der Waals surface area contributed by atoms with Crippen molar-refractivity contribution in [3.05, 3.63) is 41.5 Å². The number of benzene rings is 1. The topological polar surface area (TPSA) is 64.6 Å². The molecule has 0 saturated heterocycles. The van der Waals surface area contributed by atoms with Gasteiger partial charge in [-0.1, -0.05) is 24.3 Å². The first-order valence-corrected chi connectivity index (χ1v) is 6.73. The van der Waals surface area contributed by atoms with Gasteiger partial charge in [-0.2, -0.15) is 0 Å². The Balaban J connectivity index is 3.06. The van der Waals surface area contributed by atoms with Crippen LogP contribution in [0.2, 0.25) is 0 Å². The Morgan fingerprint density at radius 2 is 2.05 bits per heavy atom. The molecule has 0 aliphatic heterocycles. The molecule has 0 radical (unpaired) electrons. The maximum absolute atomic E-state index is 11.8. The molecule has 1 aromatic carbocycles. The van der Waals surface area contributed by atoms with E-state index in [-0.39, 0.29) is 12.5 Å². The van der Waals surface area contributed by atoms with Crippen LogP contribution >= 0.6 is 0 Å². The molecule has 114 valence electrons.